The molecule has 0 saturated heterocycles. The molecule has 0 saturated carbocycles. The molecule has 0 amide bonds. The van der Waals surface area contributed by atoms with E-state index in [1.165, 1.54) is 0 Å². The van der Waals surface area contributed by atoms with Crippen molar-refractivity contribution in [1.82, 2.24) is 0 Å². The van der Waals surface area contributed by atoms with Crippen molar-refractivity contribution in [3.05, 3.63) is 0 Å². The average Bonchev–Trinajstić information content (AvgIpc) is 2.06. The van der Waals surface area contributed by atoms with Crippen LogP contribution >= 0.6 is 0 Å². The molecule has 0 spiro atoms. The molecule has 0 radical (unpaired) electrons. The normalized spacial score (nSPS) is 13.2. The predicted molar refractivity (Wildman–Crippen MR) is 44.7 cm³/mol. The van der Waals surface area contributed by atoms with Gasteiger partial charge in [0.25, 0.3) is 10.1 Å². The molecule has 0 bridgehead atoms. The summed E-state index contributed by atoms with van der Waals surface area (Å²) < 4.78 is 29.1. The summed E-state index contributed by atoms with van der Waals surface area (Å²) in [4.78, 5) is 0. The lowest BCUT2D eigenvalue weighted by atomic mass is 9.88. The lowest BCUT2D eigenvalue weighted by Crippen LogP contribution is -2.35. The fraction of sp³-hybridized carbons (Fsp3) is 1.00. The van der Waals surface area contributed by atoms with Crippen LogP contribution in [0.1, 0.15) is 6.42 Å². The molecule has 0 aromatic rings. The van der Waals surface area contributed by atoms with Gasteiger partial charge in [-0.05, 0) is 6.42 Å². The van der Waals surface area contributed by atoms with Crippen LogP contribution in [0.4, 0.5) is 0 Å². The van der Waals surface area contributed by atoms with E-state index in [4.69, 9.17) is 19.9 Å². The monoisotopic (exact) mass is 214 g/mol. The van der Waals surface area contributed by atoms with Gasteiger partial charge in [-0.2, -0.15) is 8.42 Å². The summed E-state index contributed by atoms with van der Waals surface area (Å²) in [7, 11) is -4.12. The molecule has 0 fully saturated rings. The average molecular weight is 214 g/mol. The number of hydrogen-bond acceptors (Lipinski definition) is 5. The minimum absolute atomic E-state index is 0.185. The molecule has 0 aromatic heterocycles. The first-order valence-electron chi connectivity index (χ1n) is 3.67. The van der Waals surface area contributed by atoms with E-state index in [1.54, 1.807) is 0 Å². The van der Waals surface area contributed by atoms with Crippen LogP contribution in [0, 0.1) is 5.41 Å². The first-order chi connectivity index (χ1) is 5.89. The van der Waals surface area contributed by atoms with Crippen molar-refractivity contribution < 1.29 is 28.3 Å². The van der Waals surface area contributed by atoms with Gasteiger partial charge in [-0.3, -0.25) is 4.55 Å². The Bertz CT molecular complexity index is 221. The highest BCUT2D eigenvalue weighted by Gasteiger charge is 2.29. The molecule has 0 atom stereocenters. The van der Waals surface area contributed by atoms with Crippen LogP contribution in [0.5, 0.6) is 0 Å². The van der Waals surface area contributed by atoms with Crippen molar-refractivity contribution in [2.45, 2.75) is 6.42 Å². The van der Waals surface area contributed by atoms with Crippen molar-refractivity contribution in [2.24, 2.45) is 5.41 Å². The molecule has 0 rings (SSSR count). The summed E-state index contributed by atoms with van der Waals surface area (Å²) in [5.41, 5.74) is -1.24. The van der Waals surface area contributed by atoms with Crippen LogP contribution in [-0.2, 0) is 10.1 Å². The van der Waals surface area contributed by atoms with E-state index in [9.17, 15) is 8.42 Å². The zero-order valence-corrected chi connectivity index (χ0v) is 7.87. The van der Waals surface area contributed by atoms with Crippen molar-refractivity contribution in [3.63, 3.8) is 0 Å². The van der Waals surface area contributed by atoms with E-state index in [0.29, 0.717) is 0 Å². The lowest BCUT2D eigenvalue weighted by Gasteiger charge is -2.26. The zero-order valence-electron chi connectivity index (χ0n) is 7.05. The second-order valence-corrected chi connectivity index (χ2v) is 4.58. The molecule has 7 heteroatoms. The summed E-state index contributed by atoms with van der Waals surface area (Å²) in [6, 6.07) is 0. The summed E-state index contributed by atoms with van der Waals surface area (Å²) in [6.45, 7) is -1.60. The molecule has 6 nitrogen and oxygen atoms in total. The Balaban J connectivity index is 4.27. The Kier molecular flexibility index (Phi) is 4.79. The Morgan fingerprint density at radius 3 is 1.62 bits per heavy atom. The number of aliphatic hydroxyl groups excluding tert-OH is 3. The van der Waals surface area contributed by atoms with Crippen LogP contribution in [0.2, 0.25) is 0 Å². The van der Waals surface area contributed by atoms with E-state index < -0.39 is 41.1 Å². The van der Waals surface area contributed by atoms with E-state index in [0.717, 1.165) is 0 Å². The maximum absolute atomic E-state index is 10.3. The molecular weight excluding hydrogens is 200 g/mol. The number of rotatable bonds is 6. The summed E-state index contributed by atoms with van der Waals surface area (Å²) in [6.07, 6.45) is -0.185. The minimum Gasteiger partial charge on any atom is -0.396 e. The van der Waals surface area contributed by atoms with Gasteiger partial charge in [0.05, 0.1) is 25.6 Å². The summed E-state index contributed by atoms with van der Waals surface area (Å²) >= 11 is 0. The summed E-state index contributed by atoms with van der Waals surface area (Å²) in [5, 5.41) is 26.3. The highest BCUT2D eigenvalue weighted by molar-refractivity contribution is 7.85. The highest BCUT2D eigenvalue weighted by atomic mass is 32.2. The van der Waals surface area contributed by atoms with Crippen LogP contribution in [0.15, 0.2) is 0 Å². The maximum Gasteiger partial charge on any atom is 0.264 e. The molecule has 0 aliphatic rings. The maximum atomic E-state index is 10.3. The molecular formula is C6H14O6S. The number of aliphatic hydroxyl groups is 3. The Hall–Kier alpha value is -0.210. The quantitative estimate of drug-likeness (QED) is 0.389. The molecule has 0 aromatic carbocycles. The highest BCUT2D eigenvalue weighted by Crippen LogP contribution is 2.20. The van der Waals surface area contributed by atoms with Gasteiger partial charge in [0.1, 0.15) is 0 Å². The van der Waals surface area contributed by atoms with Gasteiger partial charge in [0, 0.05) is 5.41 Å². The summed E-state index contributed by atoms with van der Waals surface area (Å²) in [5.74, 6) is -0.589. The van der Waals surface area contributed by atoms with Crippen LogP contribution < -0.4 is 0 Å². The third kappa shape index (κ3) is 4.53. The topological polar surface area (TPSA) is 115 Å². The standard InChI is InChI=1S/C6H14O6S/c7-3-6(4-8,5-9)1-2-13(10,11)12/h7-9H,1-5H2,(H,10,11,12). The van der Waals surface area contributed by atoms with Crippen molar-refractivity contribution in [2.75, 3.05) is 25.6 Å². The van der Waals surface area contributed by atoms with E-state index >= 15 is 0 Å². The zero-order chi connectivity index (χ0) is 10.5. The van der Waals surface area contributed by atoms with Crippen molar-refractivity contribution >= 4 is 10.1 Å². The van der Waals surface area contributed by atoms with Crippen LogP contribution in [0.3, 0.4) is 0 Å². The SMILES string of the molecule is O=S(=O)(O)CCC(CO)(CO)CO. The molecule has 80 valence electrons. The molecule has 0 unspecified atom stereocenters. The number of hydrogen-bond donors (Lipinski definition) is 4. The third-order valence-electron chi connectivity index (χ3n) is 1.90. The second-order valence-electron chi connectivity index (χ2n) is 3.01. The van der Waals surface area contributed by atoms with E-state index in [2.05, 4.69) is 0 Å². The van der Waals surface area contributed by atoms with Gasteiger partial charge in [-0.15, -0.1) is 0 Å². The smallest absolute Gasteiger partial charge is 0.264 e. The van der Waals surface area contributed by atoms with Crippen LogP contribution in [0.25, 0.3) is 0 Å². The van der Waals surface area contributed by atoms with Gasteiger partial charge in [-0.25, -0.2) is 0 Å². The molecule has 0 aliphatic heterocycles. The molecule has 13 heavy (non-hydrogen) atoms. The predicted octanol–water partition coefficient (Wildman–Crippen LogP) is -1.77. The lowest BCUT2D eigenvalue weighted by molar-refractivity contribution is 0.00344. The van der Waals surface area contributed by atoms with Gasteiger partial charge >= 0.3 is 0 Å². The fourth-order valence-corrected chi connectivity index (χ4v) is 1.42. The van der Waals surface area contributed by atoms with Gasteiger partial charge in [0.15, 0.2) is 0 Å². The molecule has 4 N–H and O–H groups in total. The van der Waals surface area contributed by atoms with Gasteiger partial charge in [-0.1, -0.05) is 0 Å². The largest absolute Gasteiger partial charge is 0.396 e. The Morgan fingerprint density at radius 1 is 1.00 bits per heavy atom. The fourth-order valence-electron chi connectivity index (χ4n) is 0.733. The third-order valence-corrected chi connectivity index (χ3v) is 2.62. The second kappa shape index (κ2) is 4.87. The van der Waals surface area contributed by atoms with Crippen molar-refractivity contribution in [1.29, 1.82) is 0 Å². The Labute approximate surface area is 76.6 Å². The minimum atomic E-state index is -4.12. The van der Waals surface area contributed by atoms with Crippen LogP contribution in [-0.4, -0.2) is 53.9 Å². The first-order valence-corrected chi connectivity index (χ1v) is 5.28. The van der Waals surface area contributed by atoms with Gasteiger partial charge in [0.2, 0.25) is 0 Å². The molecule has 0 heterocycles. The van der Waals surface area contributed by atoms with E-state index in [-0.39, 0.29) is 6.42 Å². The van der Waals surface area contributed by atoms with E-state index in [1.807, 2.05) is 0 Å². The first kappa shape index (κ1) is 12.8. The van der Waals surface area contributed by atoms with Crippen molar-refractivity contribution in [3.8, 4) is 0 Å². The molecule has 0 aliphatic carbocycles. The Morgan fingerprint density at radius 2 is 1.38 bits per heavy atom. The van der Waals surface area contributed by atoms with Gasteiger partial charge < -0.3 is 15.3 Å².